The number of carbonyl (C=O) groups excluding carboxylic acids is 1. The van der Waals surface area contributed by atoms with E-state index in [1.165, 1.54) is 0 Å². The zero-order chi connectivity index (χ0) is 20.8. The average molecular weight is 433 g/mol. The van der Waals surface area contributed by atoms with E-state index in [1.807, 2.05) is 47.3 Å². The molecular weight excluding hydrogens is 408 g/mol. The van der Waals surface area contributed by atoms with Crippen LogP contribution in [-0.4, -0.2) is 53.4 Å². The lowest BCUT2D eigenvalue weighted by atomic mass is 10.1. The summed E-state index contributed by atoms with van der Waals surface area (Å²) in [4.78, 5) is 15.4. The molecule has 3 rings (SSSR count). The molecular formula is C20H24N4O3S2. The first-order valence-electron chi connectivity index (χ1n) is 9.17. The van der Waals surface area contributed by atoms with Gasteiger partial charge in [0.1, 0.15) is 0 Å². The number of H-pyrrole nitrogens is 1. The van der Waals surface area contributed by atoms with Crippen LogP contribution in [0.3, 0.4) is 0 Å². The van der Waals surface area contributed by atoms with Gasteiger partial charge in [-0.2, -0.15) is 5.10 Å². The SMILES string of the molecule is COc1ccc(CCN(C)C(=O)CCn2c(-c3cccs3)n[nH]c2=S)cc1OC. The highest BCUT2D eigenvalue weighted by Crippen LogP contribution is 2.27. The Morgan fingerprint density at radius 3 is 2.76 bits per heavy atom. The van der Waals surface area contributed by atoms with Gasteiger partial charge in [-0.05, 0) is 47.8 Å². The number of aromatic nitrogens is 3. The first-order valence-corrected chi connectivity index (χ1v) is 10.5. The maximum absolute atomic E-state index is 12.6. The van der Waals surface area contributed by atoms with Gasteiger partial charge in [0.15, 0.2) is 22.1 Å². The number of nitrogens with zero attached hydrogens (tertiary/aromatic N) is 3. The number of methoxy groups -OCH3 is 2. The number of aromatic amines is 1. The molecule has 0 spiro atoms. The summed E-state index contributed by atoms with van der Waals surface area (Å²) >= 11 is 6.92. The lowest BCUT2D eigenvalue weighted by Crippen LogP contribution is -2.29. The minimum Gasteiger partial charge on any atom is -0.493 e. The van der Waals surface area contributed by atoms with Gasteiger partial charge in [0.25, 0.3) is 0 Å². The molecule has 0 aliphatic carbocycles. The minimum absolute atomic E-state index is 0.0608. The van der Waals surface area contributed by atoms with E-state index in [0.717, 1.165) is 22.7 Å². The Balaban J connectivity index is 1.57. The summed E-state index contributed by atoms with van der Waals surface area (Å²) in [5.41, 5.74) is 1.08. The van der Waals surface area contributed by atoms with Gasteiger partial charge in [0.2, 0.25) is 5.91 Å². The number of amides is 1. The van der Waals surface area contributed by atoms with Crippen molar-refractivity contribution >= 4 is 29.5 Å². The van der Waals surface area contributed by atoms with Crippen molar-refractivity contribution in [2.24, 2.45) is 0 Å². The standard InChI is InChI=1S/C20H24N4O3S2/c1-23(10-8-14-6-7-15(26-2)16(13-14)27-3)18(25)9-11-24-19(21-22-20(24)28)17-5-4-12-29-17/h4-7,12-13H,8-11H2,1-3H3,(H,22,28). The second-order valence-electron chi connectivity index (χ2n) is 6.49. The molecule has 2 heterocycles. The molecule has 154 valence electrons. The zero-order valence-electron chi connectivity index (χ0n) is 16.7. The van der Waals surface area contributed by atoms with E-state index in [9.17, 15) is 4.79 Å². The van der Waals surface area contributed by atoms with Gasteiger partial charge in [0.05, 0.1) is 19.1 Å². The summed E-state index contributed by atoms with van der Waals surface area (Å²) in [5.74, 6) is 2.21. The number of benzene rings is 1. The summed E-state index contributed by atoms with van der Waals surface area (Å²) in [6.45, 7) is 1.10. The van der Waals surface area contributed by atoms with Crippen molar-refractivity contribution in [2.45, 2.75) is 19.4 Å². The Hall–Kier alpha value is -2.65. The fraction of sp³-hybridized carbons (Fsp3) is 0.350. The van der Waals surface area contributed by atoms with E-state index < -0.39 is 0 Å². The molecule has 0 bridgehead atoms. The van der Waals surface area contributed by atoms with Crippen LogP contribution in [0.15, 0.2) is 35.7 Å². The molecule has 1 amide bonds. The second kappa shape index (κ2) is 9.71. The summed E-state index contributed by atoms with van der Waals surface area (Å²) in [6, 6.07) is 9.76. The highest BCUT2D eigenvalue weighted by Gasteiger charge is 2.14. The molecule has 0 aliphatic rings. The van der Waals surface area contributed by atoms with Crippen LogP contribution in [0.4, 0.5) is 0 Å². The molecule has 0 radical (unpaired) electrons. The average Bonchev–Trinajstić information content (AvgIpc) is 3.39. The van der Waals surface area contributed by atoms with Crippen LogP contribution in [0.25, 0.3) is 10.7 Å². The number of rotatable bonds is 9. The molecule has 0 atom stereocenters. The third-order valence-electron chi connectivity index (χ3n) is 4.66. The molecule has 0 unspecified atom stereocenters. The van der Waals surface area contributed by atoms with E-state index >= 15 is 0 Å². The molecule has 29 heavy (non-hydrogen) atoms. The molecule has 7 nitrogen and oxygen atoms in total. The molecule has 0 saturated carbocycles. The predicted molar refractivity (Wildman–Crippen MR) is 116 cm³/mol. The van der Waals surface area contributed by atoms with Crippen molar-refractivity contribution in [3.63, 3.8) is 0 Å². The van der Waals surface area contributed by atoms with Crippen LogP contribution in [0, 0.1) is 4.77 Å². The Morgan fingerprint density at radius 1 is 1.28 bits per heavy atom. The summed E-state index contributed by atoms with van der Waals surface area (Å²) in [5, 5.41) is 9.11. The third kappa shape index (κ3) is 5.04. The minimum atomic E-state index is 0.0608. The number of hydrogen-bond acceptors (Lipinski definition) is 6. The molecule has 1 N–H and O–H groups in total. The normalized spacial score (nSPS) is 10.7. The quantitative estimate of drug-likeness (QED) is 0.521. The molecule has 2 aromatic heterocycles. The van der Waals surface area contributed by atoms with Gasteiger partial charge in [0, 0.05) is 26.6 Å². The van der Waals surface area contributed by atoms with Crippen molar-refractivity contribution in [1.82, 2.24) is 19.7 Å². The number of carbonyl (C=O) groups is 1. The molecule has 1 aromatic carbocycles. The molecule has 0 fully saturated rings. The highest BCUT2D eigenvalue weighted by atomic mass is 32.1. The number of hydrogen-bond donors (Lipinski definition) is 1. The predicted octanol–water partition coefficient (Wildman–Crippen LogP) is 3.78. The zero-order valence-corrected chi connectivity index (χ0v) is 18.3. The summed E-state index contributed by atoms with van der Waals surface area (Å²) in [7, 11) is 5.04. The topological polar surface area (TPSA) is 72.4 Å². The largest absolute Gasteiger partial charge is 0.493 e. The van der Waals surface area contributed by atoms with Crippen LogP contribution in [-0.2, 0) is 17.8 Å². The van der Waals surface area contributed by atoms with Crippen molar-refractivity contribution in [1.29, 1.82) is 0 Å². The number of nitrogens with one attached hydrogen (secondary N) is 1. The van der Waals surface area contributed by atoms with Gasteiger partial charge in [-0.3, -0.25) is 14.5 Å². The summed E-state index contributed by atoms with van der Waals surface area (Å²) < 4.78 is 13.0. The van der Waals surface area contributed by atoms with Gasteiger partial charge >= 0.3 is 0 Å². The fourth-order valence-electron chi connectivity index (χ4n) is 2.97. The smallest absolute Gasteiger partial charge is 0.224 e. The number of likely N-dealkylation sites (N-methyl/N-ethyl adjacent to an activating group) is 1. The van der Waals surface area contributed by atoms with Crippen LogP contribution in [0.2, 0.25) is 0 Å². The van der Waals surface area contributed by atoms with Gasteiger partial charge < -0.3 is 14.4 Å². The van der Waals surface area contributed by atoms with E-state index in [2.05, 4.69) is 10.2 Å². The van der Waals surface area contributed by atoms with Gasteiger partial charge in [-0.25, -0.2) is 0 Å². The number of thiophene rings is 1. The first-order chi connectivity index (χ1) is 14.0. The third-order valence-corrected chi connectivity index (χ3v) is 5.84. The van der Waals surface area contributed by atoms with E-state index in [0.29, 0.717) is 35.8 Å². The fourth-order valence-corrected chi connectivity index (χ4v) is 3.92. The second-order valence-corrected chi connectivity index (χ2v) is 7.82. The first kappa shape index (κ1) is 21.1. The lowest BCUT2D eigenvalue weighted by Gasteiger charge is -2.18. The Bertz CT molecular complexity index is 1010. The van der Waals surface area contributed by atoms with Crippen LogP contribution >= 0.6 is 23.6 Å². The van der Waals surface area contributed by atoms with Gasteiger partial charge in [-0.1, -0.05) is 12.1 Å². The van der Waals surface area contributed by atoms with Crippen molar-refractivity contribution in [2.75, 3.05) is 27.8 Å². The Morgan fingerprint density at radius 2 is 2.07 bits per heavy atom. The lowest BCUT2D eigenvalue weighted by molar-refractivity contribution is -0.130. The Kier molecular flexibility index (Phi) is 7.05. The number of ether oxygens (including phenoxy) is 2. The molecule has 0 aliphatic heterocycles. The monoisotopic (exact) mass is 432 g/mol. The maximum Gasteiger partial charge on any atom is 0.224 e. The van der Waals surface area contributed by atoms with Crippen molar-refractivity contribution < 1.29 is 14.3 Å². The van der Waals surface area contributed by atoms with E-state index in [-0.39, 0.29) is 5.91 Å². The van der Waals surface area contributed by atoms with Gasteiger partial charge in [-0.15, -0.1) is 11.3 Å². The van der Waals surface area contributed by atoms with E-state index in [1.54, 1.807) is 30.5 Å². The van der Waals surface area contributed by atoms with Crippen molar-refractivity contribution in [3.05, 3.63) is 46.0 Å². The Labute approximate surface area is 178 Å². The van der Waals surface area contributed by atoms with Crippen molar-refractivity contribution in [3.8, 4) is 22.2 Å². The molecule has 9 heteroatoms. The highest BCUT2D eigenvalue weighted by molar-refractivity contribution is 7.71. The summed E-state index contributed by atoms with van der Waals surface area (Å²) in [6.07, 6.45) is 1.09. The van der Waals surface area contributed by atoms with Crippen LogP contribution in [0.5, 0.6) is 11.5 Å². The maximum atomic E-state index is 12.6. The van der Waals surface area contributed by atoms with Crippen LogP contribution < -0.4 is 9.47 Å². The van der Waals surface area contributed by atoms with Crippen LogP contribution in [0.1, 0.15) is 12.0 Å². The molecule has 0 saturated heterocycles. The molecule has 3 aromatic rings. The van der Waals surface area contributed by atoms with E-state index in [4.69, 9.17) is 21.7 Å².